The molecule has 1 aromatic heterocycles. The van der Waals surface area contributed by atoms with Crippen LogP contribution in [0.3, 0.4) is 0 Å². The van der Waals surface area contributed by atoms with Gasteiger partial charge in [-0.15, -0.1) is 0 Å². The zero-order chi connectivity index (χ0) is 18.0. The van der Waals surface area contributed by atoms with Crippen LogP contribution in [-0.4, -0.2) is 39.1 Å². The Bertz CT molecular complexity index is 1110. The molecule has 26 heavy (non-hydrogen) atoms. The van der Waals surface area contributed by atoms with Crippen molar-refractivity contribution < 1.29 is 47.3 Å². The fraction of sp³-hybridized carbons (Fsp3) is 0. The van der Waals surface area contributed by atoms with Gasteiger partial charge in [-0.3, -0.25) is 9.35 Å². The number of benzene rings is 2. The Morgan fingerprint density at radius 1 is 1.19 bits per heavy atom. The third-order valence-electron chi connectivity index (χ3n) is 3.24. The maximum atomic E-state index is 12.4. The SMILES string of the molecule is O=C(Nc1cccc(-n2[nH]nnc2=S)c1)c1ccccc1S(=O)(=O)O.[Na+]. The number of hydrogen-bond acceptors (Lipinski definition) is 6. The summed E-state index contributed by atoms with van der Waals surface area (Å²) in [5.41, 5.74) is 0.801. The van der Waals surface area contributed by atoms with Crippen molar-refractivity contribution in [2.75, 3.05) is 5.32 Å². The molecule has 3 rings (SSSR count). The minimum atomic E-state index is -4.52. The topological polar surface area (TPSA) is 130 Å². The molecule has 12 heteroatoms. The van der Waals surface area contributed by atoms with Crippen LogP contribution in [0, 0.1) is 4.77 Å². The predicted octanol–water partition coefficient (Wildman–Crippen LogP) is -1.17. The van der Waals surface area contributed by atoms with Crippen LogP contribution in [0.25, 0.3) is 5.69 Å². The van der Waals surface area contributed by atoms with Gasteiger partial charge in [-0.2, -0.15) is 13.6 Å². The number of carbonyl (C=O) groups excluding carboxylic acids is 1. The minimum absolute atomic E-state index is 0. The van der Waals surface area contributed by atoms with Crippen molar-refractivity contribution in [2.24, 2.45) is 0 Å². The Hall–Kier alpha value is -1.89. The van der Waals surface area contributed by atoms with E-state index in [1.54, 1.807) is 24.3 Å². The predicted molar refractivity (Wildman–Crippen MR) is 90.8 cm³/mol. The molecule has 2 aromatic carbocycles. The van der Waals surface area contributed by atoms with Crippen molar-refractivity contribution in [1.29, 1.82) is 0 Å². The van der Waals surface area contributed by atoms with Crippen molar-refractivity contribution in [2.45, 2.75) is 4.90 Å². The van der Waals surface area contributed by atoms with Crippen LogP contribution in [0.5, 0.6) is 0 Å². The fourth-order valence-electron chi connectivity index (χ4n) is 2.17. The number of carbonyl (C=O) groups is 1. The van der Waals surface area contributed by atoms with Crippen molar-refractivity contribution in [3.63, 3.8) is 0 Å². The number of H-pyrrole nitrogens is 1. The number of aromatic nitrogens is 4. The Balaban J connectivity index is 0.00000243. The molecule has 0 aliphatic rings. The van der Waals surface area contributed by atoms with Crippen molar-refractivity contribution in [3.8, 4) is 5.69 Å². The minimum Gasteiger partial charge on any atom is -0.322 e. The van der Waals surface area contributed by atoms with Gasteiger partial charge in [0.05, 0.1) is 11.3 Å². The first-order valence-corrected chi connectivity index (χ1v) is 8.69. The molecule has 128 valence electrons. The van der Waals surface area contributed by atoms with E-state index in [-0.39, 0.29) is 39.9 Å². The third kappa shape index (κ3) is 4.44. The number of tetrazole rings is 1. The molecule has 3 aromatic rings. The van der Waals surface area contributed by atoms with Gasteiger partial charge in [0, 0.05) is 5.69 Å². The standard InChI is InChI=1S/C14H11N5O4S2.Na/c20-13(11-6-1-2-7-12(11)25(21,22)23)15-9-4-3-5-10(8-9)19-14(24)16-17-18-19;/h1-8H,(H,15,20)(H,16,18,24)(H,21,22,23);/q;+1. The van der Waals surface area contributed by atoms with Crippen LogP contribution in [0.1, 0.15) is 10.4 Å². The van der Waals surface area contributed by atoms with Gasteiger partial charge >= 0.3 is 29.6 Å². The molecule has 0 aliphatic carbocycles. The number of amides is 1. The summed E-state index contributed by atoms with van der Waals surface area (Å²) >= 11 is 5.01. The number of aromatic amines is 1. The van der Waals surface area contributed by atoms with Crippen LogP contribution in [0.15, 0.2) is 53.4 Å². The summed E-state index contributed by atoms with van der Waals surface area (Å²) < 4.78 is 33.7. The zero-order valence-electron chi connectivity index (χ0n) is 13.4. The molecule has 1 amide bonds. The summed E-state index contributed by atoms with van der Waals surface area (Å²) in [5.74, 6) is -0.684. The molecule has 0 saturated carbocycles. The van der Waals surface area contributed by atoms with Gasteiger partial charge < -0.3 is 5.32 Å². The van der Waals surface area contributed by atoms with E-state index in [4.69, 9.17) is 12.2 Å². The third-order valence-corrected chi connectivity index (χ3v) is 4.42. The van der Waals surface area contributed by atoms with E-state index in [2.05, 4.69) is 20.8 Å². The maximum absolute atomic E-state index is 12.4. The van der Waals surface area contributed by atoms with Crippen molar-refractivity contribution in [1.82, 2.24) is 20.2 Å². The van der Waals surface area contributed by atoms with Crippen LogP contribution >= 0.6 is 12.2 Å². The quantitative estimate of drug-likeness (QED) is 0.286. The summed E-state index contributed by atoms with van der Waals surface area (Å²) in [6.45, 7) is 0. The maximum Gasteiger partial charge on any atom is 1.00 e. The van der Waals surface area contributed by atoms with E-state index < -0.39 is 20.9 Å². The van der Waals surface area contributed by atoms with E-state index in [9.17, 15) is 17.8 Å². The largest absolute Gasteiger partial charge is 1.00 e. The summed E-state index contributed by atoms with van der Waals surface area (Å²) in [7, 11) is -4.52. The Morgan fingerprint density at radius 3 is 2.58 bits per heavy atom. The molecular weight excluding hydrogens is 389 g/mol. The van der Waals surface area contributed by atoms with E-state index in [0.29, 0.717) is 11.4 Å². The summed E-state index contributed by atoms with van der Waals surface area (Å²) in [5, 5.41) is 12.4. The molecule has 3 N–H and O–H groups in total. The molecule has 0 atom stereocenters. The summed E-state index contributed by atoms with van der Waals surface area (Å²) in [4.78, 5) is 11.9. The number of rotatable bonds is 4. The van der Waals surface area contributed by atoms with Crippen LogP contribution in [0.4, 0.5) is 5.69 Å². The van der Waals surface area contributed by atoms with E-state index >= 15 is 0 Å². The van der Waals surface area contributed by atoms with Gasteiger partial charge in [-0.1, -0.05) is 28.5 Å². The van der Waals surface area contributed by atoms with Gasteiger partial charge in [0.25, 0.3) is 16.0 Å². The van der Waals surface area contributed by atoms with E-state index in [1.165, 1.54) is 22.9 Å². The van der Waals surface area contributed by atoms with Crippen molar-refractivity contribution >= 4 is 33.9 Å². The normalized spacial score (nSPS) is 10.8. The van der Waals surface area contributed by atoms with Gasteiger partial charge in [-0.05, 0) is 42.5 Å². The number of nitrogens with one attached hydrogen (secondary N) is 2. The second kappa shape index (κ2) is 8.20. The van der Waals surface area contributed by atoms with E-state index in [1.807, 2.05) is 0 Å². The van der Waals surface area contributed by atoms with Gasteiger partial charge in [-0.25, -0.2) is 4.68 Å². The molecule has 0 aliphatic heterocycles. The van der Waals surface area contributed by atoms with Gasteiger partial charge in [0.15, 0.2) is 0 Å². The fourth-order valence-corrected chi connectivity index (χ4v) is 3.04. The zero-order valence-corrected chi connectivity index (χ0v) is 17.1. The molecule has 1 heterocycles. The molecule has 0 unspecified atom stereocenters. The molecule has 0 spiro atoms. The van der Waals surface area contributed by atoms with Crippen LogP contribution in [-0.2, 0) is 10.1 Å². The molecule has 0 saturated heterocycles. The average molecular weight is 400 g/mol. The summed E-state index contributed by atoms with van der Waals surface area (Å²) in [6, 6.07) is 12.0. The molecule has 0 fully saturated rings. The van der Waals surface area contributed by atoms with Gasteiger partial charge in [0.1, 0.15) is 4.90 Å². The van der Waals surface area contributed by atoms with Crippen LogP contribution < -0.4 is 34.9 Å². The number of hydrogen-bond donors (Lipinski definition) is 3. The Labute approximate surface area is 175 Å². The smallest absolute Gasteiger partial charge is 0.322 e. The van der Waals surface area contributed by atoms with Crippen molar-refractivity contribution in [3.05, 3.63) is 58.9 Å². The second-order valence-corrected chi connectivity index (χ2v) is 6.65. The first-order valence-electron chi connectivity index (χ1n) is 6.85. The first-order chi connectivity index (χ1) is 11.9. The Kier molecular flexibility index (Phi) is 6.44. The molecule has 0 radical (unpaired) electrons. The van der Waals surface area contributed by atoms with Crippen LogP contribution in [0.2, 0.25) is 0 Å². The number of anilines is 1. The molecule has 9 nitrogen and oxygen atoms in total. The first kappa shape index (κ1) is 20.4. The summed E-state index contributed by atoms with van der Waals surface area (Å²) in [6.07, 6.45) is 0. The van der Waals surface area contributed by atoms with Gasteiger partial charge in [0.2, 0.25) is 4.77 Å². The second-order valence-electron chi connectivity index (χ2n) is 4.89. The number of nitrogens with zero attached hydrogens (tertiary/aromatic N) is 3. The average Bonchev–Trinajstić information content (AvgIpc) is 3.00. The Morgan fingerprint density at radius 2 is 1.92 bits per heavy atom. The molecule has 0 bridgehead atoms. The monoisotopic (exact) mass is 400 g/mol. The van der Waals surface area contributed by atoms with E-state index in [0.717, 1.165) is 6.07 Å². The molecular formula is C14H11N5NaO4S2+.